The molecule has 0 aliphatic rings. The zero-order valence-corrected chi connectivity index (χ0v) is 17.9. The highest BCUT2D eigenvalue weighted by atomic mass is 35.5. The summed E-state index contributed by atoms with van der Waals surface area (Å²) in [5.41, 5.74) is 3.49. The smallest absolute Gasteiger partial charge is 0.250 e. The quantitative estimate of drug-likeness (QED) is 0.408. The number of hydrogen-bond donors (Lipinski definition) is 1. The van der Waals surface area contributed by atoms with Crippen LogP contribution in [0.3, 0.4) is 0 Å². The molecule has 0 unspecified atom stereocenters. The minimum atomic E-state index is -0.478. The van der Waals surface area contributed by atoms with Crippen molar-refractivity contribution in [2.24, 2.45) is 0 Å². The van der Waals surface area contributed by atoms with Crippen LogP contribution in [0, 0.1) is 5.82 Å². The molecule has 1 N–H and O–H groups in total. The van der Waals surface area contributed by atoms with Crippen molar-refractivity contribution in [1.29, 1.82) is 0 Å². The van der Waals surface area contributed by atoms with E-state index >= 15 is 0 Å². The van der Waals surface area contributed by atoms with E-state index in [9.17, 15) is 9.18 Å². The number of imidazole rings is 1. The van der Waals surface area contributed by atoms with E-state index in [1.54, 1.807) is 30.9 Å². The fourth-order valence-electron chi connectivity index (χ4n) is 3.54. The predicted molar refractivity (Wildman–Crippen MR) is 122 cm³/mol. The molecule has 10 heteroatoms. The minimum Gasteiger partial charge on any atom is -0.351 e. The number of aromatic amines is 1. The minimum absolute atomic E-state index is 0.0631. The summed E-state index contributed by atoms with van der Waals surface area (Å²) >= 11 is 6.03. The lowest BCUT2D eigenvalue weighted by atomic mass is 10.2. The molecule has 0 saturated heterocycles. The van der Waals surface area contributed by atoms with E-state index in [1.165, 1.54) is 21.7 Å². The van der Waals surface area contributed by atoms with Gasteiger partial charge in [-0.15, -0.1) is 5.10 Å². The maximum absolute atomic E-state index is 13.9. The summed E-state index contributed by atoms with van der Waals surface area (Å²) in [6.45, 7) is 0.0179. The van der Waals surface area contributed by atoms with Crippen LogP contribution in [-0.2, 0) is 17.9 Å². The number of para-hydroxylation sites is 1. The van der Waals surface area contributed by atoms with Gasteiger partial charge < -0.3 is 4.98 Å². The third-order valence-corrected chi connectivity index (χ3v) is 5.31. The van der Waals surface area contributed by atoms with Crippen LogP contribution in [0.5, 0.6) is 0 Å². The molecule has 0 radical (unpaired) electrons. The Morgan fingerprint density at radius 1 is 1.12 bits per heavy atom. The first kappa shape index (κ1) is 20.8. The van der Waals surface area contributed by atoms with Gasteiger partial charge in [0.15, 0.2) is 0 Å². The van der Waals surface area contributed by atoms with Crippen LogP contribution in [0.1, 0.15) is 5.56 Å². The topological polar surface area (TPSA) is 92.6 Å². The second kappa shape index (κ2) is 8.79. The maximum atomic E-state index is 13.9. The Balaban J connectivity index is 1.48. The SMILES string of the molecule is O=C(Cn1nnc2ccccc21)N(Cc1cc(F)cc(Cl)c1)c1ccc(-c2c[nH]cn2)cn1. The molecule has 0 aliphatic carbocycles. The van der Waals surface area contributed by atoms with Crippen LogP contribution in [0.15, 0.2) is 73.3 Å². The molecule has 0 aliphatic heterocycles. The van der Waals surface area contributed by atoms with Crippen molar-refractivity contribution in [2.45, 2.75) is 13.1 Å². The van der Waals surface area contributed by atoms with Gasteiger partial charge in [0.1, 0.15) is 23.7 Å². The number of amides is 1. The number of halogens is 2. The van der Waals surface area contributed by atoms with Crippen molar-refractivity contribution in [3.05, 3.63) is 89.7 Å². The molecule has 0 saturated carbocycles. The van der Waals surface area contributed by atoms with Gasteiger partial charge in [0.2, 0.25) is 5.91 Å². The summed E-state index contributed by atoms with van der Waals surface area (Å²) in [6.07, 6.45) is 4.97. The van der Waals surface area contributed by atoms with E-state index in [0.29, 0.717) is 16.9 Å². The number of anilines is 1. The van der Waals surface area contributed by atoms with E-state index in [1.807, 2.05) is 30.3 Å². The third-order valence-electron chi connectivity index (χ3n) is 5.09. The Kier molecular flexibility index (Phi) is 5.54. The van der Waals surface area contributed by atoms with Gasteiger partial charge in [-0.3, -0.25) is 9.69 Å². The molecule has 33 heavy (non-hydrogen) atoms. The molecular weight excluding hydrogens is 445 g/mol. The number of nitrogens with one attached hydrogen (secondary N) is 1. The maximum Gasteiger partial charge on any atom is 0.250 e. The van der Waals surface area contributed by atoms with Crippen LogP contribution in [-0.4, -0.2) is 35.9 Å². The van der Waals surface area contributed by atoms with Gasteiger partial charge in [-0.1, -0.05) is 28.9 Å². The van der Waals surface area contributed by atoms with E-state index in [2.05, 4.69) is 25.3 Å². The van der Waals surface area contributed by atoms with Gasteiger partial charge in [-0.2, -0.15) is 0 Å². The number of rotatable bonds is 6. The van der Waals surface area contributed by atoms with Crippen LogP contribution in [0.2, 0.25) is 5.02 Å². The predicted octanol–water partition coefficient (Wildman–Crippen LogP) is 4.24. The molecule has 0 fully saturated rings. The third kappa shape index (κ3) is 4.44. The average Bonchev–Trinajstić information content (AvgIpc) is 3.48. The van der Waals surface area contributed by atoms with Gasteiger partial charge in [-0.25, -0.2) is 19.0 Å². The van der Waals surface area contributed by atoms with Gasteiger partial charge in [-0.05, 0) is 48.0 Å². The largest absolute Gasteiger partial charge is 0.351 e. The molecule has 5 aromatic rings. The lowest BCUT2D eigenvalue weighted by molar-refractivity contribution is -0.119. The van der Waals surface area contributed by atoms with Gasteiger partial charge in [0.25, 0.3) is 0 Å². The average molecular weight is 462 g/mol. The van der Waals surface area contributed by atoms with Gasteiger partial charge >= 0.3 is 0 Å². The molecule has 0 bridgehead atoms. The first-order valence-electron chi connectivity index (χ1n) is 10.1. The molecule has 5 rings (SSSR count). The second-order valence-corrected chi connectivity index (χ2v) is 7.79. The number of carbonyl (C=O) groups excluding carboxylic acids is 1. The lowest BCUT2D eigenvalue weighted by Gasteiger charge is -2.22. The molecule has 8 nitrogen and oxygen atoms in total. The number of pyridine rings is 1. The Morgan fingerprint density at radius 3 is 2.76 bits per heavy atom. The number of H-pyrrole nitrogens is 1. The molecule has 2 aromatic carbocycles. The Morgan fingerprint density at radius 2 is 2.00 bits per heavy atom. The molecule has 1 amide bonds. The van der Waals surface area contributed by atoms with E-state index < -0.39 is 5.82 Å². The number of hydrogen-bond acceptors (Lipinski definition) is 5. The Labute approximate surface area is 192 Å². The normalized spacial score (nSPS) is 11.1. The lowest BCUT2D eigenvalue weighted by Crippen LogP contribution is -2.34. The Hall–Kier alpha value is -4.11. The highest BCUT2D eigenvalue weighted by Gasteiger charge is 2.20. The fourth-order valence-corrected chi connectivity index (χ4v) is 3.79. The standard InChI is InChI=1S/C23H17ClFN7O/c24-17-7-15(8-18(25)9-17)12-31(22-6-5-16(10-27-22)20-11-26-14-28-20)23(33)13-32-21-4-2-1-3-19(21)29-30-32/h1-11,14H,12-13H2,(H,26,28). The van der Waals surface area contributed by atoms with E-state index in [4.69, 9.17) is 11.6 Å². The van der Waals surface area contributed by atoms with Crippen molar-refractivity contribution < 1.29 is 9.18 Å². The van der Waals surface area contributed by atoms with E-state index in [-0.39, 0.29) is 24.0 Å². The first-order chi connectivity index (χ1) is 16.1. The van der Waals surface area contributed by atoms with Crippen LogP contribution in [0.4, 0.5) is 10.2 Å². The number of benzene rings is 2. The summed E-state index contributed by atoms with van der Waals surface area (Å²) < 4.78 is 15.5. The van der Waals surface area contributed by atoms with Crippen LogP contribution >= 0.6 is 11.6 Å². The number of fused-ring (bicyclic) bond motifs is 1. The molecule has 0 atom stereocenters. The summed E-state index contributed by atoms with van der Waals surface area (Å²) in [7, 11) is 0. The van der Waals surface area contributed by atoms with Gasteiger partial charge in [0.05, 0.1) is 24.1 Å². The molecule has 164 valence electrons. The van der Waals surface area contributed by atoms with Crippen molar-refractivity contribution >= 4 is 34.4 Å². The summed E-state index contributed by atoms with van der Waals surface area (Å²) in [5, 5.41) is 8.45. The van der Waals surface area contributed by atoms with E-state index in [0.717, 1.165) is 16.8 Å². The fraction of sp³-hybridized carbons (Fsp3) is 0.0870. The Bertz CT molecular complexity index is 1400. The highest BCUT2D eigenvalue weighted by molar-refractivity contribution is 6.30. The number of nitrogens with zero attached hydrogens (tertiary/aromatic N) is 6. The number of aromatic nitrogens is 6. The van der Waals surface area contributed by atoms with Crippen molar-refractivity contribution in [3.63, 3.8) is 0 Å². The highest BCUT2D eigenvalue weighted by Crippen LogP contribution is 2.23. The molecule has 3 aromatic heterocycles. The summed E-state index contributed by atoms with van der Waals surface area (Å²) in [4.78, 5) is 26.4. The second-order valence-electron chi connectivity index (χ2n) is 7.35. The van der Waals surface area contributed by atoms with Crippen molar-refractivity contribution in [3.8, 4) is 11.3 Å². The summed E-state index contributed by atoms with van der Waals surface area (Å²) in [5.74, 6) is -0.357. The monoisotopic (exact) mass is 461 g/mol. The van der Waals surface area contributed by atoms with Crippen LogP contribution < -0.4 is 4.90 Å². The van der Waals surface area contributed by atoms with Gasteiger partial charge in [0, 0.05) is 23.0 Å². The van der Waals surface area contributed by atoms with Crippen molar-refractivity contribution in [2.75, 3.05) is 4.90 Å². The summed E-state index contributed by atoms with van der Waals surface area (Å²) in [6, 6.07) is 15.1. The zero-order chi connectivity index (χ0) is 22.8. The van der Waals surface area contributed by atoms with Crippen molar-refractivity contribution in [1.82, 2.24) is 29.9 Å². The zero-order valence-electron chi connectivity index (χ0n) is 17.2. The van der Waals surface area contributed by atoms with Crippen LogP contribution in [0.25, 0.3) is 22.3 Å². The molecular formula is C23H17ClFN7O. The first-order valence-corrected chi connectivity index (χ1v) is 10.4. The molecule has 3 heterocycles. The number of carbonyl (C=O) groups is 1. The molecule has 0 spiro atoms.